The van der Waals surface area contributed by atoms with E-state index in [9.17, 15) is 9.18 Å². The number of carbonyl (C=O) groups excluding carboxylic acids is 1. The minimum absolute atomic E-state index is 0.0348. The second-order valence-corrected chi connectivity index (χ2v) is 7.39. The van der Waals surface area contributed by atoms with Crippen LogP contribution in [-0.4, -0.2) is 20.7 Å². The third-order valence-corrected chi connectivity index (χ3v) is 5.13. The van der Waals surface area contributed by atoms with Gasteiger partial charge in [0, 0.05) is 57.9 Å². The average molecular weight is 433 g/mol. The summed E-state index contributed by atoms with van der Waals surface area (Å²) in [7, 11) is 0. The van der Waals surface area contributed by atoms with E-state index in [-0.39, 0.29) is 18.0 Å². The van der Waals surface area contributed by atoms with Crippen molar-refractivity contribution in [2.24, 2.45) is 0 Å². The van der Waals surface area contributed by atoms with Gasteiger partial charge in [-0.2, -0.15) is 0 Å². The lowest BCUT2D eigenvalue weighted by Gasteiger charge is -2.11. The van der Waals surface area contributed by atoms with Crippen LogP contribution in [0, 0.1) is 12.7 Å². The Labute approximate surface area is 184 Å². The molecule has 1 N–H and O–H groups in total. The molecule has 0 aliphatic rings. The van der Waals surface area contributed by atoms with Crippen LogP contribution in [0.5, 0.6) is 0 Å². The van der Waals surface area contributed by atoms with Gasteiger partial charge in [-0.1, -0.05) is 17.7 Å². The monoisotopic (exact) mass is 432 g/mol. The molecule has 0 atom stereocenters. The Kier molecular flexibility index (Phi) is 6.00. The first-order valence-corrected chi connectivity index (χ1v) is 9.95. The van der Waals surface area contributed by atoms with Crippen LogP contribution >= 0.6 is 11.6 Å². The third-order valence-electron chi connectivity index (χ3n) is 4.80. The number of nitrogens with zero attached hydrogens (tertiary/aromatic N) is 3. The molecule has 3 aromatic heterocycles. The molecule has 0 aliphatic carbocycles. The molecule has 0 fully saturated rings. The topological polar surface area (TPSA) is 67.8 Å². The molecular weight excluding hydrogens is 415 g/mol. The summed E-state index contributed by atoms with van der Waals surface area (Å²) in [6.07, 6.45) is 6.61. The summed E-state index contributed by atoms with van der Waals surface area (Å²) in [4.78, 5) is 25.0. The summed E-state index contributed by atoms with van der Waals surface area (Å²) in [5, 5.41) is 3.49. The van der Waals surface area contributed by atoms with E-state index in [1.807, 2.05) is 19.1 Å². The van der Waals surface area contributed by atoms with Gasteiger partial charge in [-0.15, -0.1) is 0 Å². The first-order valence-electron chi connectivity index (χ1n) is 9.57. The average Bonchev–Trinajstić information content (AvgIpc) is 2.77. The number of nitrogens with one attached hydrogen (secondary N) is 1. The highest BCUT2D eigenvalue weighted by Gasteiger charge is 2.12. The number of benzene rings is 1. The van der Waals surface area contributed by atoms with E-state index in [1.54, 1.807) is 42.9 Å². The highest BCUT2D eigenvalue weighted by molar-refractivity contribution is 6.33. The summed E-state index contributed by atoms with van der Waals surface area (Å²) >= 11 is 6.38. The Balaban J connectivity index is 1.54. The van der Waals surface area contributed by atoms with Crippen LogP contribution in [-0.2, 0) is 6.42 Å². The summed E-state index contributed by atoms with van der Waals surface area (Å²) in [6.45, 7) is 1.88. The molecule has 4 rings (SSSR count). The standard InChI is InChI=1S/C24H18ClFN4O/c1-15-8-10-27-14-20(15)23(31)12-17-5-4-16(13-29-17)19-11-18(6-7-21(19)25)30-24-22(26)3-2-9-28-24/h2-11,13-14H,12H2,1H3,(H,28,30). The highest BCUT2D eigenvalue weighted by Crippen LogP contribution is 2.31. The van der Waals surface area contributed by atoms with Crippen LogP contribution in [0.15, 0.2) is 73.3 Å². The largest absolute Gasteiger partial charge is 0.338 e. The molecule has 3 heterocycles. The van der Waals surface area contributed by atoms with Crippen LogP contribution in [0.25, 0.3) is 11.1 Å². The Morgan fingerprint density at radius 1 is 1.06 bits per heavy atom. The van der Waals surface area contributed by atoms with Crippen LogP contribution < -0.4 is 5.32 Å². The van der Waals surface area contributed by atoms with Crippen molar-refractivity contribution in [2.45, 2.75) is 13.3 Å². The fourth-order valence-electron chi connectivity index (χ4n) is 3.14. The first-order chi connectivity index (χ1) is 15.0. The molecule has 31 heavy (non-hydrogen) atoms. The number of pyridine rings is 3. The minimum atomic E-state index is -0.446. The van der Waals surface area contributed by atoms with Crippen LogP contribution in [0.4, 0.5) is 15.9 Å². The lowest BCUT2D eigenvalue weighted by atomic mass is 10.0. The molecule has 1 aromatic carbocycles. The molecule has 0 spiro atoms. The summed E-state index contributed by atoms with van der Waals surface area (Å²) in [6, 6.07) is 13.6. The van der Waals surface area contributed by atoms with Crippen molar-refractivity contribution in [1.82, 2.24) is 15.0 Å². The van der Waals surface area contributed by atoms with Gasteiger partial charge in [-0.3, -0.25) is 14.8 Å². The zero-order chi connectivity index (χ0) is 21.8. The number of hydrogen-bond acceptors (Lipinski definition) is 5. The zero-order valence-electron chi connectivity index (χ0n) is 16.6. The second kappa shape index (κ2) is 9.02. The van der Waals surface area contributed by atoms with Gasteiger partial charge in [-0.05, 0) is 55.0 Å². The number of ketones is 1. The van der Waals surface area contributed by atoms with Gasteiger partial charge < -0.3 is 5.32 Å². The highest BCUT2D eigenvalue weighted by atomic mass is 35.5. The van der Waals surface area contributed by atoms with Gasteiger partial charge in [0.05, 0.1) is 6.42 Å². The van der Waals surface area contributed by atoms with Gasteiger partial charge >= 0.3 is 0 Å². The quantitative estimate of drug-likeness (QED) is 0.389. The van der Waals surface area contributed by atoms with Crippen molar-refractivity contribution in [1.29, 1.82) is 0 Å². The van der Waals surface area contributed by atoms with Gasteiger partial charge in [0.2, 0.25) is 0 Å². The van der Waals surface area contributed by atoms with Crippen LogP contribution in [0.2, 0.25) is 5.02 Å². The normalized spacial score (nSPS) is 10.7. The number of rotatable bonds is 6. The maximum absolute atomic E-state index is 13.9. The predicted octanol–water partition coefficient (Wildman–Crippen LogP) is 5.81. The lowest BCUT2D eigenvalue weighted by Crippen LogP contribution is -2.07. The Morgan fingerprint density at radius 2 is 1.94 bits per heavy atom. The number of aryl methyl sites for hydroxylation is 1. The molecule has 0 saturated carbocycles. The van der Waals surface area contributed by atoms with Crippen LogP contribution in [0.3, 0.4) is 0 Å². The summed E-state index contributed by atoms with van der Waals surface area (Å²) in [5.41, 5.74) is 4.29. The van der Waals surface area contributed by atoms with Crippen molar-refractivity contribution >= 4 is 28.9 Å². The number of halogens is 2. The van der Waals surface area contributed by atoms with E-state index in [0.29, 0.717) is 22.0 Å². The van der Waals surface area contributed by atoms with E-state index >= 15 is 0 Å². The molecule has 154 valence electrons. The zero-order valence-corrected chi connectivity index (χ0v) is 17.4. The van der Waals surface area contributed by atoms with Gasteiger partial charge in [0.15, 0.2) is 17.4 Å². The number of carbonyl (C=O) groups is 1. The molecule has 0 amide bonds. The van der Waals surface area contributed by atoms with Crippen molar-refractivity contribution in [2.75, 3.05) is 5.32 Å². The Morgan fingerprint density at radius 3 is 2.68 bits per heavy atom. The van der Waals surface area contributed by atoms with Crippen molar-refractivity contribution in [3.8, 4) is 11.1 Å². The number of aromatic nitrogens is 3. The molecule has 0 unspecified atom stereocenters. The third kappa shape index (κ3) is 4.75. The maximum atomic E-state index is 13.9. The van der Waals surface area contributed by atoms with E-state index in [0.717, 1.165) is 16.7 Å². The molecule has 0 radical (unpaired) electrons. The van der Waals surface area contributed by atoms with Crippen molar-refractivity contribution in [3.05, 3.63) is 101 Å². The summed E-state index contributed by atoms with van der Waals surface area (Å²) in [5.74, 6) is -0.348. The molecule has 0 bridgehead atoms. The van der Waals surface area contributed by atoms with Gasteiger partial charge in [-0.25, -0.2) is 9.37 Å². The predicted molar refractivity (Wildman–Crippen MR) is 119 cm³/mol. The molecule has 0 aliphatic heterocycles. The molecule has 4 aromatic rings. The second-order valence-electron chi connectivity index (χ2n) is 6.98. The van der Waals surface area contributed by atoms with Crippen molar-refractivity contribution in [3.63, 3.8) is 0 Å². The van der Waals surface area contributed by atoms with Gasteiger partial charge in [0.1, 0.15) is 0 Å². The number of hydrogen-bond donors (Lipinski definition) is 1. The van der Waals surface area contributed by atoms with Crippen molar-refractivity contribution < 1.29 is 9.18 Å². The summed E-state index contributed by atoms with van der Waals surface area (Å²) < 4.78 is 13.9. The fourth-order valence-corrected chi connectivity index (χ4v) is 3.37. The first kappa shape index (κ1) is 20.6. The number of anilines is 2. The van der Waals surface area contributed by atoms with Crippen LogP contribution in [0.1, 0.15) is 21.6 Å². The molecule has 0 saturated heterocycles. The smallest absolute Gasteiger partial charge is 0.170 e. The number of Topliss-reactive ketones (excluding diaryl/α,β-unsaturated/α-hetero) is 1. The molecular formula is C24H18ClFN4O. The van der Waals surface area contributed by atoms with Gasteiger partial charge in [0.25, 0.3) is 0 Å². The Bertz CT molecular complexity index is 1240. The Hall–Kier alpha value is -3.64. The maximum Gasteiger partial charge on any atom is 0.170 e. The molecule has 5 nitrogen and oxygen atoms in total. The van der Waals surface area contributed by atoms with E-state index in [4.69, 9.17) is 11.6 Å². The SMILES string of the molecule is Cc1ccncc1C(=O)Cc1ccc(-c2cc(Nc3ncccc3F)ccc2Cl)cn1. The fraction of sp³-hybridized carbons (Fsp3) is 0.0833. The lowest BCUT2D eigenvalue weighted by molar-refractivity contribution is 0.0991. The van der Waals surface area contributed by atoms with E-state index in [1.165, 1.54) is 18.3 Å². The molecule has 7 heteroatoms. The van der Waals surface area contributed by atoms with E-state index < -0.39 is 5.82 Å². The van der Waals surface area contributed by atoms with E-state index in [2.05, 4.69) is 20.3 Å². The minimum Gasteiger partial charge on any atom is -0.338 e.